The smallest absolute Gasteiger partial charge is 0.120 e. The molecule has 0 heterocycles. The first-order valence-electron chi connectivity index (χ1n) is 6.99. The zero-order valence-corrected chi connectivity index (χ0v) is 12.7. The van der Waals surface area contributed by atoms with Crippen molar-refractivity contribution in [1.29, 1.82) is 0 Å². The largest absolute Gasteiger partial charge is 0.508 e. The molecule has 0 aromatic heterocycles. The van der Waals surface area contributed by atoms with Crippen LogP contribution in [-0.2, 0) is 6.54 Å². The van der Waals surface area contributed by atoms with E-state index < -0.39 is 0 Å². The number of phenolic OH excluding ortho intramolecular Hbond substituents is 1. The van der Waals surface area contributed by atoms with E-state index in [2.05, 4.69) is 29.7 Å². The maximum absolute atomic E-state index is 9.78. The maximum Gasteiger partial charge on any atom is 0.120 e. The van der Waals surface area contributed by atoms with Gasteiger partial charge < -0.3 is 15.7 Å². The second kappa shape index (κ2) is 8.10. The summed E-state index contributed by atoms with van der Waals surface area (Å²) >= 11 is 0. The van der Waals surface area contributed by atoms with E-state index in [1.54, 1.807) is 6.07 Å². The van der Waals surface area contributed by atoms with Gasteiger partial charge in [-0.3, -0.25) is 0 Å². The van der Waals surface area contributed by atoms with Crippen LogP contribution in [0.2, 0.25) is 0 Å². The lowest BCUT2D eigenvalue weighted by Gasteiger charge is -2.10. The molecule has 2 rings (SSSR count). The third-order valence-corrected chi connectivity index (χ3v) is 2.90. The van der Waals surface area contributed by atoms with Crippen LogP contribution in [0.4, 0.5) is 11.4 Å². The zero-order chi connectivity index (χ0) is 15.0. The molecule has 0 aliphatic heterocycles. The number of anilines is 2. The Morgan fingerprint density at radius 1 is 0.950 bits per heavy atom. The van der Waals surface area contributed by atoms with Gasteiger partial charge in [0.25, 0.3) is 0 Å². The van der Waals surface area contributed by atoms with Gasteiger partial charge in [-0.15, -0.1) is 0 Å². The SMILES string of the molecule is CC.CNc1ccc(O)c(CNc2ccc(C)cc2)c1. The summed E-state index contributed by atoms with van der Waals surface area (Å²) in [7, 11) is 1.86. The molecule has 108 valence electrons. The second-order valence-electron chi connectivity index (χ2n) is 4.31. The van der Waals surface area contributed by atoms with Crippen LogP contribution in [0.15, 0.2) is 42.5 Å². The lowest BCUT2D eigenvalue weighted by atomic mass is 10.1. The molecule has 0 saturated heterocycles. The lowest BCUT2D eigenvalue weighted by Crippen LogP contribution is -2.00. The van der Waals surface area contributed by atoms with E-state index in [0.29, 0.717) is 12.3 Å². The minimum Gasteiger partial charge on any atom is -0.508 e. The van der Waals surface area contributed by atoms with Crippen molar-refractivity contribution >= 4 is 11.4 Å². The maximum atomic E-state index is 9.78. The number of hydrogen-bond donors (Lipinski definition) is 3. The third kappa shape index (κ3) is 4.50. The van der Waals surface area contributed by atoms with E-state index in [1.807, 2.05) is 45.2 Å². The molecular weight excluding hydrogens is 248 g/mol. The number of aromatic hydroxyl groups is 1. The topological polar surface area (TPSA) is 44.3 Å². The summed E-state index contributed by atoms with van der Waals surface area (Å²) in [5.74, 6) is 0.314. The number of rotatable bonds is 4. The molecule has 3 nitrogen and oxygen atoms in total. The van der Waals surface area contributed by atoms with Gasteiger partial charge in [0.2, 0.25) is 0 Å². The van der Waals surface area contributed by atoms with Gasteiger partial charge in [0.1, 0.15) is 5.75 Å². The predicted octanol–water partition coefficient (Wildman–Crippen LogP) is 4.38. The van der Waals surface area contributed by atoms with Gasteiger partial charge in [-0.05, 0) is 37.3 Å². The van der Waals surface area contributed by atoms with E-state index in [4.69, 9.17) is 0 Å². The highest BCUT2D eigenvalue weighted by atomic mass is 16.3. The van der Waals surface area contributed by atoms with Crippen molar-refractivity contribution in [3.63, 3.8) is 0 Å². The fourth-order valence-electron chi connectivity index (χ4n) is 1.75. The average Bonchev–Trinajstić information content (AvgIpc) is 2.50. The number of phenols is 1. The summed E-state index contributed by atoms with van der Waals surface area (Å²) in [6, 6.07) is 13.7. The first-order chi connectivity index (χ1) is 9.69. The summed E-state index contributed by atoms with van der Waals surface area (Å²) in [6.45, 7) is 6.66. The molecule has 0 aliphatic rings. The van der Waals surface area contributed by atoms with Crippen LogP contribution in [0.3, 0.4) is 0 Å². The van der Waals surface area contributed by atoms with Gasteiger partial charge in [0.15, 0.2) is 0 Å². The lowest BCUT2D eigenvalue weighted by molar-refractivity contribution is 0.469. The highest BCUT2D eigenvalue weighted by Crippen LogP contribution is 2.22. The predicted molar refractivity (Wildman–Crippen MR) is 87.5 cm³/mol. The Morgan fingerprint density at radius 3 is 2.15 bits per heavy atom. The van der Waals surface area contributed by atoms with Crippen LogP contribution >= 0.6 is 0 Å². The Labute approximate surface area is 121 Å². The van der Waals surface area contributed by atoms with Crippen molar-refractivity contribution in [3.05, 3.63) is 53.6 Å². The number of benzene rings is 2. The Hall–Kier alpha value is -2.16. The second-order valence-corrected chi connectivity index (χ2v) is 4.31. The van der Waals surface area contributed by atoms with E-state index >= 15 is 0 Å². The fraction of sp³-hybridized carbons (Fsp3) is 0.294. The van der Waals surface area contributed by atoms with Crippen molar-refractivity contribution in [1.82, 2.24) is 0 Å². The summed E-state index contributed by atoms with van der Waals surface area (Å²) in [4.78, 5) is 0. The summed E-state index contributed by atoms with van der Waals surface area (Å²) in [5, 5.41) is 16.1. The molecule has 0 aliphatic carbocycles. The average molecular weight is 272 g/mol. The number of hydrogen-bond acceptors (Lipinski definition) is 3. The van der Waals surface area contributed by atoms with Gasteiger partial charge in [0.05, 0.1) is 0 Å². The molecule has 0 bridgehead atoms. The van der Waals surface area contributed by atoms with Gasteiger partial charge >= 0.3 is 0 Å². The third-order valence-electron chi connectivity index (χ3n) is 2.90. The van der Waals surface area contributed by atoms with Crippen molar-refractivity contribution < 1.29 is 5.11 Å². The highest BCUT2D eigenvalue weighted by molar-refractivity contribution is 5.52. The summed E-state index contributed by atoms with van der Waals surface area (Å²) < 4.78 is 0. The van der Waals surface area contributed by atoms with Crippen molar-refractivity contribution in [2.45, 2.75) is 27.3 Å². The zero-order valence-electron chi connectivity index (χ0n) is 12.7. The van der Waals surface area contributed by atoms with Crippen LogP contribution in [0.5, 0.6) is 5.75 Å². The van der Waals surface area contributed by atoms with Crippen molar-refractivity contribution in [3.8, 4) is 5.75 Å². The summed E-state index contributed by atoms with van der Waals surface area (Å²) in [6.07, 6.45) is 0. The van der Waals surface area contributed by atoms with Crippen LogP contribution in [0, 0.1) is 6.92 Å². The molecule has 3 N–H and O–H groups in total. The van der Waals surface area contributed by atoms with Gasteiger partial charge in [-0.25, -0.2) is 0 Å². The molecule has 0 atom stereocenters. The molecule has 2 aromatic rings. The van der Waals surface area contributed by atoms with Gasteiger partial charge in [0, 0.05) is 30.5 Å². The first-order valence-corrected chi connectivity index (χ1v) is 6.99. The van der Waals surface area contributed by atoms with E-state index in [-0.39, 0.29) is 0 Å². The molecule has 0 unspecified atom stereocenters. The standard InChI is InChI=1S/C15H18N2O.C2H6/c1-11-3-5-13(6-4-11)17-10-12-9-14(16-2)7-8-15(12)18;1-2/h3-9,16-18H,10H2,1-2H3;1-2H3. The molecule has 0 saturated carbocycles. The minimum absolute atomic E-state index is 0.314. The Bertz CT molecular complexity index is 521. The monoisotopic (exact) mass is 272 g/mol. The van der Waals surface area contributed by atoms with Gasteiger partial charge in [-0.1, -0.05) is 31.5 Å². The Morgan fingerprint density at radius 2 is 1.55 bits per heavy atom. The van der Waals surface area contributed by atoms with E-state index in [1.165, 1.54) is 5.56 Å². The van der Waals surface area contributed by atoms with E-state index in [9.17, 15) is 5.11 Å². The van der Waals surface area contributed by atoms with Crippen LogP contribution in [-0.4, -0.2) is 12.2 Å². The molecule has 3 heteroatoms. The fourth-order valence-corrected chi connectivity index (χ4v) is 1.75. The molecule has 0 amide bonds. The number of aryl methyl sites for hydroxylation is 1. The molecule has 20 heavy (non-hydrogen) atoms. The van der Waals surface area contributed by atoms with Crippen LogP contribution < -0.4 is 10.6 Å². The first kappa shape index (κ1) is 15.9. The molecule has 2 aromatic carbocycles. The Kier molecular flexibility index (Phi) is 6.44. The Balaban J connectivity index is 0.000000956. The number of nitrogens with one attached hydrogen (secondary N) is 2. The molecule has 0 fully saturated rings. The molecule has 0 radical (unpaired) electrons. The van der Waals surface area contributed by atoms with Crippen molar-refractivity contribution in [2.24, 2.45) is 0 Å². The van der Waals surface area contributed by atoms with Crippen molar-refractivity contribution in [2.75, 3.05) is 17.7 Å². The van der Waals surface area contributed by atoms with Crippen LogP contribution in [0.25, 0.3) is 0 Å². The highest BCUT2D eigenvalue weighted by Gasteiger charge is 2.02. The van der Waals surface area contributed by atoms with E-state index in [0.717, 1.165) is 16.9 Å². The molecular formula is C17H24N2O. The summed E-state index contributed by atoms with van der Waals surface area (Å²) in [5.41, 5.74) is 4.16. The van der Waals surface area contributed by atoms with Crippen LogP contribution in [0.1, 0.15) is 25.0 Å². The normalized spacial score (nSPS) is 9.40. The van der Waals surface area contributed by atoms with Gasteiger partial charge in [-0.2, -0.15) is 0 Å². The minimum atomic E-state index is 0.314. The molecule has 0 spiro atoms. The quantitative estimate of drug-likeness (QED) is 0.724.